The highest BCUT2D eigenvalue weighted by Crippen LogP contribution is 2.35. The van der Waals surface area contributed by atoms with E-state index in [1.807, 2.05) is 50.2 Å². The Bertz CT molecular complexity index is 1060. The lowest BCUT2D eigenvalue weighted by Crippen LogP contribution is -2.38. The predicted octanol–water partition coefficient (Wildman–Crippen LogP) is 4.77. The number of methoxy groups -OCH3 is 1. The third-order valence-electron chi connectivity index (χ3n) is 5.43. The van der Waals surface area contributed by atoms with Crippen molar-refractivity contribution in [2.24, 2.45) is 0 Å². The lowest BCUT2D eigenvalue weighted by Gasteiger charge is -2.23. The number of aromatic nitrogens is 1. The Morgan fingerprint density at radius 1 is 1.29 bits per heavy atom. The Kier molecular flexibility index (Phi) is 6.73. The Hall–Kier alpha value is -2.64. The molecule has 1 amide bonds. The monoisotopic (exact) mass is 440 g/mol. The van der Waals surface area contributed by atoms with Gasteiger partial charge >= 0.3 is 0 Å². The second-order valence-electron chi connectivity index (χ2n) is 7.65. The number of hydrogen-bond acceptors (Lipinski definition) is 6. The zero-order chi connectivity index (χ0) is 21.8. The summed E-state index contributed by atoms with van der Waals surface area (Å²) in [7, 11) is 1.65. The van der Waals surface area contributed by atoms with E-state index < -0.39 is 0 Å². The van der Waals surface area contributed by atoms with Crippen LogP contribution in [0.1, 0.15) is 30.9 Å². The molecule has 1 aliphatic rings. The molecule has 0 radical (unpaired) electrons. The molecule has 164 valence electrons. The number of anilines is 1. The van der Waals surface area contributed by atoms with Gasteiger partial charge in [0.05, 0.1) is 37.5 Å². The zero-order valence-electron chi connectivity index (χ0n) is 18.2. The van der Waals surface area contributed by atoms with Crippen LogP contribution >= 0.6 is 11.3 Å². The zero-order valence-corrected chi connectivity index (χ0v) is 19.0. The third kappa shape index (κ3) is 4.83. The number of para-hydroxylation sites is 1. The summed E-state index contributed by atoms with van der Waals surface area (Å²) in [5.74, 6) is 1.58. The minimum Gasteiger partial charge on any atom is -0.496 e. The van der Waals surface area contributed by atoms with Gasteiger partial charge in [0.2, 0.25) is 5.91 Å². The van der Waals surface area contributed by atoms with Gasteiger partial charge in [-0.2, -0.15) is 0 Å². The van der Waals surface area contributed by atoms with E-state index in [2.05, 4.69) is 0 Å². The van der Waals surface area contributed by atoms with Crippen LogP contribution in [0.5, 0.6) is 11.5 Å². The first-order valence-electron chi connectivity index (χ1n) is 10.7. The van der Waals surface area contributed by atoms with Crippen molar-refractivity contribution in [2.75, 3.05) is 31.8 Å². The Labute approximate surface area is 186 Å². The fourth-order valence-electron chi connectivity index (χ4n) is 3.90. The van der Waals surface area contributed by atoms with E-state index >= 15 is 0 Å². The number of nitrogens with zero attached hydrogens (tertiary/aromatic N) is 2. The number of carbonyl (C=O) groups excluding carboxylic acids is 1. The molecule has 3 aromatic rings. The van der Waals surface area contributed by atoms with Crippen molar-refractivity contribution in [2.45, 2.75) is 39.2 Å². The SMILES string of the molecule is CCOc1cccc2sc(N(CC3CCCO3)C(=O)Cc3ccc(OC)c(C)c3)nc12. The van der Waals surface area contributed by atoms with Crippen LogP contribution in [0.4, 0.5) is 5.13 Å². The second-order valence-corrected chi connectivity index (χ2v) is 8.66. The lowest BCUT2D eigenvalue weighted by atomic mass is 10.1. The molecule has 1 unspecified atom stereocenters. The van der Waals surface area contributed by atoms with Gasteiger partial charge in [0.15, 0.2) is 5.13 Å². The summed E-state index contributed by atoms with van der Waals surface area (Å²) in [6.45, 7) is 5.77. The van der Waals surface area contributed by atoms with Gasteiger partial charge in [-0.25, -0.2) is 4.98 Å². The number of aryl methyl sites for hydroxylation is 1. The maximum atomic E-state index is 13.4. The van der Waals surface area contributed by atoms with E-state index in [1.54, 1.807) is 12.0 Å². The topological polar surface area (TPSA) is 60.9 Å². The third-order valence-corrected chi connectivity index (χ3v) is 6.47. The fourth-order valence-corrected chi connectivity index (χ4v) is 4.91. The molecule has 7 heteroatoms. The van der Waals surface area contributed by atoms with Crippen LogP contribution in [-0.4, -0.2) is 43.9 Å². The molecule has 0 saturated carbocycles. The Morgan fingerprint density at radius 2 is 2.16 bits per heavy atom. The number of amides is 1. The highest BCUT2D eigenvalue weighted by molar-refractivity contribution is 7.22. The molecule has 1 saturated heterocycles. The normalized spacial score (nSPS) is 15.9. The van der Waals surface area contributed by atoms with E-state index in [-0.39, 0.29) is 12.0 Å². The molecule has 4 rings (SSSR count). The van der Waals surface area contributed by atoms with Crippen molar-refractivity contribution in [3.05, 3.63) is 47.5 Å². The quantitative estimate of drug-likeness (QED) is 0.505. The highest BCUT2D eigenvalue weighted by Gasteiger charge is 2.27. The first kappa shape index (κ1) is 21.6. The van der Waals surface area contributed by atoms with Crippen molar-refractivity contribution in [1.82, 2.24) is 4.98 Å². The van der Waals surface area contributed by atoms with E-state index in [4.69, 9.17) is 19.2 Å². The van der Waals surface area contributed by atoms with Gasteiger partial charge < -0.3 is 14.2 Å². The van der Waals surface area contributed by atoms with E-state index in [0.29, 0.717) is 24.7 Å². The number of thiazole rings is 1. The molecule has 6 nitrogen and oxygen atoms in total. The number of ether oxygens (including phenoxy) is 3. The number of hydrogen-bond donors (Lipinski definition) is 0. The van der Waals surface area contributed by atoms with Gasteiger partial charge in [0, 0.05) is 6.61 Å². The molecule has 0 spiro atoms. The first-order chi connectivity index (χ1) is 15.1. The number of carbonyl (C=O) groups is 1. The van der Waals surface area contributed by atoms with Gasteiger partial charge in [-0.1, -0.05) is 29.5 Å². The maximum Gasteiger partial charge on any atom is 0.233 e. The Morgan fingerprint density at radius 3 is 2.87 bits per heavy atom. The standard InChI is InChI=1S/C24H28N2O4S/c1-4-29-20-8-5-9-21-23(20)25-24(31-21)26(15-18-7-6-12-30-18)22(27)14-17-10-11-19(28-3)16(2)13-17/h5,8-11,13,18H,4,6-7,12,14-15H2,1-3H3. The molecule has 31 heavy (non-hydrogen) atoms. The van der Waals surface area contributed by atoms with Gasteiger partial charge in [-0.15, -0.1) is 0 Å². The molecule has 1 fully saturated rings. The second kappa shape index (κ2) is 9.66. The average molecular weight is 441 g/mol. The summed E-state index contributed by atoms with van der Waals surface area (Å²) < 4.78 is 17.9. The van der Waals surface area contributed by atoms with Gasteiger partial charge in [-0.05, 0) is 56.0 Å². The molecule has 2 aromatic carbocycles. The fraction of sp³-hybridized carbons (Fsp3) is 0.417. The largest absolute Gasteiger partial charge is 0.496 e. The van der Waals surface area contributed by atoms with Crippen LogP contribution in [0.25, 0.3) is 10.2 Å². The molecule has 1 atom stereocenters. The summed E-state index contributed by atoms with van der Waals surface area (Å²) in [6.07, 6.45) is 2.32. The number of benzene rings is 2. The van der Waals surface area contributed by atoms with Crippen molar-refractivity contribution in [1.29, 1.82) is 0 Å². The van der Waals surface area contributed by atoms with E-state index in [1.165, 1.54) is 11.3 Å². The molecule has 1 aromatic heterocycles. The summed E-state index contributed by atoms with van der Waals surface area (Å²) >= 11 is 1.52. The molecule has 0 aliphatic carbocycles. The van der Waals surface area contributed by atoms with Gasteiger partial charge in [-0.3, -0.25) is 9.69 Å². The minimum absolute atomic E-state index is 0.0112. The molecule has 0 bridgehead atoms. The average Bonchev–Trinajstić information content (AvgIpc) is 3.42. The molecule has 2 heterocycles. The van der Waals surface area contributed by atoms with E-state index in [0.717, 1.165) is 52.3 Å². The van der Waals surface area contributed by atoms with Crippen LogP contribution in [0.2, 0.25) is 0 Å². The van der Waals surface area contributed by atoms with Crippen LogP contribution in [0.15, 0.2) is 36.4 Å². The van der Waals surface area contributed by atoms with Crippen molar-refractivity contribution < 1.29 is 19.0 Å². The summed E-state index contributed by atoms with van der Waals surface area (Å²) in [4.78, 5) is 20.0. The lowest BCUT2D eigenvalue weighted by molar-refractivity contribution is -0.118. The Balaban J connectivity index is 1.63. The number of rotatable bonds is 8. The summed E-state index contributed by atoms with van der Waals surface area (Å²) in [5, 5.41) is 0.688. The summed E-state index contributed by atoms with van der Waals surface area (Å²) in [5.41, 5.74) is 2.77. The minimum atomic E-state index is 0.0112. The van der Waals surface area contributed by atoms with Crippen molar-refractivity contribution >= 4 is 32.6 Å². The van der Waals surface area contributed by atoms with Crippen LogP contribution in [0.3, 0.4) is 0 Å². The molecular weight excluding hydrogens is 412 g/mol. The molecule has 0 N–H and O–H groups in total. The smallest absolute Gasteiger partial charge is 0.233 e. The predicted molar refractivity (Wildman–Crippen MR) is 124 cm³/mol. The van der Waals surface area contributed by atoms with Gasteiger partial charge in [0.1, 0.15) is 17.0 Å². The van der Waals surface area contributed by atoms with Crippen molar-refractivity contribution in [3.63, 3.8) is 0 Å². The number of fused-ring (bicyclic) bond motifs is 1. The highest BCUT2D eigenvalue weighted by atomic mass is 32.1. The maximum absolute atomic E-state index is 13.4. The van der Waals surface area contributed by atoms with Crippen LogP contribution in [-0.2, 0) is 16.0 Å². The van der Waals surface area contributed by atoms with E-state index in [9.17, 15) is 4.79 Å². The van der Waals surface area contributed by atoms with Gasteiger partial charge in [0.25, 0.3) is 0 Å². The molecular formula is C24H28N2O4S. The molecule has 1 aliphatic heterocycles. The first-order valence-corrected chi connectivity index (χ1v) is 11.5. The van der Waals surface area contributed by atoms with Crippen molar-refractivity contribution in [3.8, 4) is 11.5 Å². The van der Waals surface area contributed by atoms with Crippen LogP contribution < -0.4 is 14.4 Å². The van der Waals surface area contributed by atoms with Crippen LogP contribution in [0, 0.1) is 6.92 Å². The summed E-state index contributed by atoms with van der Waals surface area (Å²) in [6, 6.07) is 11.8.